The monoisotopic (exact) mass is 381 g/mol. The number of para-hydroxylation sites is 1. The highest BCUT2D eigenvalue weighted by Gasteiger charge is 2.33. The molecule has 26 heavy (non-hydrogen) atoms. The van der Waals surface area contributed by atoms with Crippen LogP contribution in [0.2, 0.25) is 0 Å². The highest BCUT2D eigenvalue weighted by atomic mass is 32.2. The van der Waals surface area contributed by atoms with Crippen LogP contribution < -0.4 is 14.4 Å². The summed E-state index contributed by atoms with van der Waals surface area (Å²) < 4.78 is 11.4. The Labute approximate surface area is 161 Å². The van der Waals surface area contributed by atoms with Gasteiger partial charge in [-0.3, -0.25) is 9.69 Å². The lowest BCUT2D eigenvalue weighted by Crippen LogP contribution is -2.27. The van der Waals surface area contributed by atoms with Crippen molar-refractivity contribution in [3.05, 3.63) is 70.6 Å². The summed E-state index contributed by atoms with van der Waals surface area (Å²) in [5.74, 6) is 1.47. The minimum absolute atomic E-state index is 0.120. The highest BCUT2D eigenvalue weighted by Crippen LogP contribution is 2.37. The Kier molecular flexibility index (Phi) is 4.53. The summed E-state index contributed by atoms with van der Waals surface area (Å²) in [7, 11) is 1.61. The van der Waals surface area contributed by atoms with E-state index in [1.807, 2.05) is 60.7 Å². The van der Waals surface area contributed by atoms with Crippen LogP contribution in [0.5, 0.6) is 11.5 Å². The molecule has 2 heterocycles. The predicted octanol–water partition coefficient (Wildman–Crippen LogP) is 4.42. The van der Waals surface area contributed by atoms with Gasteiger partial charge in [-0.05, 0) is 48.1 Å². The molecule has 0 saturated carbocycles. The van der Waals surface area contributed by atoms with Crippen LogP contribution >= 0.6 is 24.0 Å². The molecule has 2 aliphatic heterocycles. The van der Waals surface area contributed by atoms with Crippen molar-refractivity contribution in [2.24, 2.45) is 0 Å². The Balaban J connectivity index is 1.61. The summed E-state index contributed by atoms with van der Waals surface area (Å²) in [6.45, 7) is 0.434. The Hall–Kier alpha value is -2.57. The van der Waals surface area contributed by atoms with E-state index in [0.717, 1.165) is 28.3 Å². The van der Waals surface area contributed by atoms with Crippen molar-refractivity contribution < 1.29 is 14.3 Å². The number of carbonyl (C=O) groups excluding carboxylic acids is 1. The van der Waals surface area contributed by atoms with Crippen LogP contribution in [-0.2, 0) is 4.79 Å². The van der Waals surface area contributed by atoms with Crippen molar-refractivity contribution in [3.8, 4) is 11.5 Å². The van der Waals surface area contributed by atoms with Crippen LogP contribution in [0.3, 0.4) is 0 Å². The number of fused-ring (bicyclic) bond motifs is 1. The fourth-order valence-electron chi connectivity index (χ4n) is 2.81. The van der Waals surface area contributed by atoms with Gasteiger partial charge in [0.25, 0.3) is 5.91 Å². The molecule has 1 fully saturated rings. The Bertz CT molecular complexity index is 948. The lowest BCUT2D eigenvalue weighted by atomic mass is 10.1. The molecule has 0 spiro atoms. The largest absolute Gasteiger partial charge is 0.497 e. The molecule has 0 N–H and O–H groups in total. The van der Waals surface area contributed by atoms with E-state index in [1.165, 1.54) is 11.8 Å². The molecule has 0 unspecified atom stereocenters. The molecule has 0 radical (unpaired) electrons. The van der Waals surface area contributed by atoms with Gasteiger partial charge in [-0.2, -0.15) is 0 Å². The van der Waals surface area contributed by atoms with Gasteiger partial charge >= 0.3 is 0 Å². The third kappa shape index (κ3) is 3.13. The van der Waals surface area contributed by atoms with Gasteiger partial charge in [-0.15, -0.1) is 0 Å². The number of anilines is 1. The number of hydrogen-bond donors (Lipinski definition) is 0. The third-order valence-electron chi connectivity index (χ3n) is 4.10. The lowest BCUT2D eigenvalue weighted by Gasteiger charge is -2.16. The maximum absolute atomic E-state index is 12.8. The van der Waals surface area contributed by atoms with Gasteiger partial charge in [0.2, 0.25) is 0 Å². The van der Waals surface area contributed by atoms with Crippen LogP contribution in [0, 0.1) is 0 Å². The van der Waals surface area contributed by atoms with Gasteiger partial charge in [0.15, 0.2) is 4.32 Å². The molecule has 2 aromatic carbocycles. The Morgan fingerprint density at radius 1 is 1.19 bits per heavy atom. The SMILES string of the molecule is COc1ccc(N2C(=O)C(=CC3=Cc4ccccc4OC3)SC2=S)cc1. The first kappa shape index (κ1) is 16.9. The maximum atomic E-state index is 12.8. The van der Waals surface area contributed by atoms with E-state index in [0.29, 0.717) is 15.8 Å². The number of amides is 1. The maximum Gasteiger partial charge on any atom is 0.270 e. The lowest BCUT2D eigenvalue weighted by molar-refractivity contribution is -0.113. The smallest absolute Gasteiger partial charge is 0.270 e. The Morgan fingerprint density at radius 3 is 2.73 bits per heavy atom. The topological polar surface area (TPSA) is 38.8 Å². The first-order chi connectivity index (χ1) is 12.7. The van der Waals surface area contributed by atoms with Gasteiger partial charge in [0.1, 0.15) is 18.1 Å². The quantitative estimate of drug-likeness (QED) is 0.581. The molecule has 4 nitrogen and oxygen atoms in total. The van der Waals surface area contributed by atoms with E-state index in [2.05, 4.69) is 0 Å². The number of ether oxygens (including phenoxy) is 2. The van der Waals surface area contributed by atoms with Gasteiger partial charge in [-0.25, -0.2) is 0 Å². The summed E-state index contributed by atoms with van der Waals surface area (Å²) >= 11 is 6.72. The molecular formula is C20H15NO3S2. The molecule has 0 bridgehead atoms. The summed E-state index contributed by atoms with van der Waals surface area (Å²) in [5, 5.41) is 0. The zero-order valence-corrected chi connectivity index (χ0v) is 15.6. The van der Waals surface area contributed by atoms with E-state index < -0.39 is 0 Å². The fourth-order valence-corrected chi connectivity index (χ4v) is 4.12. The molecule has 0 aliphatic carbocycles. The summed E-state index contributed by atoms with van der Waals surface area (Å²) in [6, 6.07) is 15.1. The molecule has 130 valence electrons. The van der Waals surface area contributed by atoms with E-state index in [1.54, 1.807) is 12.0 Å². The van der Waals surface area contributed by atoms with Crippen LogP contribution in [-0.4, -0.2) is 23.9 Å². The van der Waals surface area contributed by atoms with E-state index in [-0.39, 0.29) is 5.91 Å². The van der Waals surface area contributed by atoms with Gasteiger partial charge in [0.05, 0.1) is 17.7 Å². The fraction of sp³-hybridized carbons (Fsp3) is 0.100. The number of benzene rings is 2. The molecule has 2 aliphatic rings. The minimum atomic E-state index is -0.120. The molecule has 1 amide bonds. The van der Waals surface area contributed by atoms with Gasteiger partial charge in [-0.1, -0.05) is 42.2 Å². The second-order valence-electron chi connectivity index (χ2n) is 5.76. The zero-order chi connectivity index (χ0) is 18.1. The summed E-state index contributed by atoms with van der Waals surface area (Å²) in [4.78, 5) is 15.0. The van der Waals surface area contributed by atoms with Crippen LogP contribution in [0.15, 0.2) is 65.1 Å². The van der Waals surface area contributed by atoms with Gasteiger partial charge < -0.3 is 9.47 Å². The third-order valence-corrected chi connectivity index (χ3v) is 5.40. The number of rotatable bonds is 3. The molecule has 0 aromatic heterocycles. The van der Waals surface area contributed by atoms with Crippen LogP contribution in [0.1, 0.15) is 5.56 Å². The number of nitrogens with zero attached hydrogens (tertiary/aromatic N) is 1. The molecule has 4 rings (SSSR count). The van der Waals surface area contributed by atoms with Crippen LogP contribution in [0.4, 0.5) is 5.69 Å². The molecule has 6 heteroatoms. The second kappa shape index (κ2) is 6.97. The highest BCUT2D eigenvalue weighted by molar-refractivity contribution is 8.27. The van der Waals surface area contributed by atoms with Crippen molar-refractivity contribution in [2.45, 2.75) is 0 Å². The molecular weight excluding hydrogens is 366 g/mol. The first-order valence-corrected chi connectivity index (χ1v) is 9.22. The molecule has 0 atom stereocenters. The number of carbonyl (C=O) groups is 1. The van der Waals surface area contributed by atoms with Crippen molar-refractivity contribution in [1.29, 1.82) is 0 Å². The average molecular weight is 381 g/mol. The Morgan fingerprint density at radius 2 is 1.96 bits per heavy atom. The molecule has 2 aromatic rings. The van der Waals surface area contributed by atoms with E-state index in [9.17, 15) is 4.79 Å². The number of thiocarbonyl (C=S) groups is 1. The van der Waals surface area contributed by atoms with Crippen molar-refractivity contribution in [2.75, 3.05) is 18.6 Å². The average Bonchev–Trinajstić information content (AvgIpc) is 2.95. The second-order valence-corrected chi connectivity index (χ2v) is 7.44. The number of methoxy groups -OCH3 is 1. The van der Waals surface area contributed by atoms with E-state index in [4.69, 9.17) is 21.7 Å². The predicted molar refractivity (Wildman–Crippen MR) is 109 cm³/mol. The summed E-state index contributed by atoms with van der Waals surface area (Å²) in [6.07, 6.45) is 3.90. The van der Waals surface area contributed by atoms with Gasteiger partial charge in [0, 0.05) is 5.56 Å². The van der Waals surface area contributed by atoms with Crippen molar-refractivity contribution >= 4 is 46.0 Å². The van der Waals surface area contributed by atoms with Crippen LogP contribution in [0.25, 0.3) is 6.08 Å². The normalized spacial score (nSPS) is 17.8. The number of hydrogen-bond acceptors (Lipinski definition) is 5. The first-order valence-electron chi connectivity index (χ1n) is 8.00. The minimum Gasteiger partial charge on any atom is -0.497 e. The van der Waals surface area contributed by atoms with E-state index >= 15 is 0 Å². The zero-order valence-electron chi connectivity index (χ0n) is 14.0. The van der Waals surface area contributed by atoms with Crippen molar-refractivity contribution in [1.82, 2.24) is 0 Å². The molecule has 1 saturated heterocycles. The number of thioether (sulfide) groups is 1. The van der Waals surface area contributed by atoms with Crippen molar-refractivity contribution in [3.63, 3.8) is 0 Å². The summed E-state index contributed by atoms with van der Waals surface area (Å²) in [5.41, 5.74) is 2.69. The standard InChI is InChI=1S/C20H15NO3S2/c1-23-16-8-6-15(7-9-16)21-19(22)18(26-20(21)25)11-13-10-14-4-2-3-5-17(14)24-12-13/h2-11H,12H2,1H3.